The van der Waals surface area contributed by atoms with E-state index in [1.807, 2.05) is 24.3 Å². The first-order valence-electron chi connectivity index (χ1n) is 5.07. The van der Waals surface area contributed by atoms with Gasteiger partial charge in [0, 0.05) is 12.7 Å². The van der Waals surface area contributed by atoms with Crippen LogP contribution in [0.3, 0.4) is 0 Å². The summed E-state index contributed by atoms with van der Waals surface area (Å²) in [5, 5.41) is 8.97. The van der Waals surface area contributed by atoms with Gasteiger partial charge in [0.25, 0.3) is 0 Å². The van der Waals surface area contributed by atoms with Gasteiger partial charge in [-0.25, -0.2) is 4.98 Å². The summed E-state index contributed by atoms with van der Waals surface area (Å²) < 4.78 is 5.13. The van der Waals surface area contributed by atoms with Gasteiger partial charge in [0.05, 0.1) is 25.1 Å². The number of hydrogen-bond donors (Lipinski definition) is 2. The summed E-state index contributed by atoms with van der Waals surface area (Å²) in [6, 6.07) is 7.90. The number of nitrogens with zero attached hydrogens (tertiary/aromatic N) is 1. The highest BCUT2D eigenvalue weighted by Crippen LogP contribution is 2.21. The summed E-state index contributed by atoms with van der Waals surface area (Å²) in [4.78, 5) is 7.29. The van der Waals surface area contributed by atoms with Crippen LogP contribution in [0.2, 0.25) is 0 Å². The highest BCUT2D eigenvalue weighted by atomic mass is 16.5. The molecule has 1 heterocycles. The first kappa shape index (κ1) is 10.9. The molecule has 2 aromatic rings. The molecule has 2 N–H and O–H groups in total. The van der Waals surface area contributed by atoms with Crippen molar-refractivity contribution in [2.45, 2.75) is 13.2 Å². The van der Waals surface area contributed by atoms with Crippen LogP contribution in [0.4, 0.5) is 0 Å². The van der Waals surface area contributed by atoms with Crippen LogP contribution in [-0.4, -0.2) is 22.2 Å². The van der Waals surface area contributed by atoms with Gasteiger partial charge in [-0.1, -0.05) is 24.3 Å². The molecule has 0 atom stereocenters. The van der Waals surface area contributed by atoms with Gasteiger partial charge in [0.15, 0.2) is 0 Å². The fourth-order valence-corrected chi connectivity index (χ4v) is 1.61. The molecule has 0 fully saturated rings. The molecular weight excluding hydrogens is 204 g/mol. The summed E-state index contributed by atoms with van der Waals surface area (Å²) >= 11 is 0. The van der Waals surface area contributed by atoms with Gasteiger partial charge < -0.3 is 14.8 Å². The van der Waals surface area contributed by atoms with Gasteiger partial charge in [-0.05, 0) is 5.56 Å². The van der Waals surface area contributed by atoms with E-state index in [0.717, 1.165) is 17.0 Å². The first-order valence-corrected chi connectivity index (χ1v) is 5.07. The van der Waals surface area contributed by atoms with Crippen molar-refractivity contribution in [3.05, 3.63) is 41.7 Å². The van der Waals surface area contributed by atoms with E-state index in [0.29, 0.717) is 12.3 Å². The van der Waals surface area contributed by atoms with Crippen molar-refractivity contribution < 1.29 is 9.84 Å². The van der Waals surface area contributed by atoms with Crippen molar-refractivity contribution in [2.75, 3.05) is 7.11 Å². The molecule has 4 nitrogen and oxygen atoms in total. The molecule has 16 heavy (non-hydrogen) atoms. The molecule has 2 rings (SSSR count). The van der Waals surface area contributed by atoms with Crippen LogP contribution in [0.1, 0.15) is 11.3 Å². The third-order valence-corrected chi connectivity index (χ3v) is 2.37. The minimum Gasteiger partial charge on any atom is -0.390 e. The molecule has 1 aromatic carbocycles. The van der Waals surface area contributed by atoms with Gasteiger partial charge in [0.1, 0.15) is 5.82 Å². The number of hydrogen-bond acceptors (Lipinski definition) is 3. The molecule has 0 saturated heterocycles. The van der Waals surface area contributed by atoms with Crippen LogP contribution >= 0.6 is 0 Å². The zero-order chi connectivity index (χ0) is 11.4. The Morgan fingerprint density at radius 2 is 2.19 bits per heavy atom. The Kier molecular flexibility index (Phi) is 3.34. The number of ether oxygens (including phenoxy) is 1. The molecule has 4 heteroatoms. The van der Waals surface area contributed by atoms with E-state index in [-0.39, 0.29) is 6.61 Å². The predicted molar refractivity (Wildman–Crippen MR) is 60.7 cm³/mol. The summed E-state index contributed by atoms with van der Waals surface area (Å²) in [5.74, 6) is 0.761. The van der Waals surface area contributed by atoms with Gasteiger partial charge in [-0.3, -0.25) is 0 Å². The van der Waals surface area contributed by atoms with Gasteiger partial charge in [0.2, 0.25) is 0 Å². The van der Waals surface area contributed by atoms with Crippen LogP contribution in [0.15, 0.2) is 30.5 Å². The number of benzene rings is 1. The quantitative estimate of drug-likeness (QED) is 0.821. The Hall–Kier alpha value is -1.65. The van der Waals surface area contributed by atoms with Gasteiger partial charge in [-0.2, -0.15) is 0 Å². The van der Waals surface area contributed by atoms with Crippen LogP contribution in [-0.2, 0) is 18.0 Å². The summed E-state index contributed by atoms with van der Waals surface area (Å²) in [6.45, 7) is 0.519. The monoisotopic (exact) mass is 218 g/mol. The predicted octanol–water partition coefficient (Wildman–Crippen LogP) is 1.72. The zero-order valence-electron chi connectivity index (χ0n) is 9.10. The lowest BCUT2D eigenvalue weighted by molar-refractivity contribution is 0.185. The van der Waals surface area contributed by atoms with Crippen molar-refractivity contribution in [3.63, 3.8) is 0 Å². The third kappa shape index (κ3) is 2.13. The average molecular weight is 218 g/mol. The molecule has 0 aliphatic carbocycles. The van der Waals surface area contributed by atoms with Crippen LogP contribution < -0.4 is 0 Å². The number of methoxy groups -OCH3 is 1. The smallest absolute Gasteiger partial charge is 0.137 e. The average Bonchev–Trinajstić information content (AvgIpc) is 2.79. The molecule has 0 aliphatic rings. The Labute approximate surface area is 93.9 Å². The minimum absolute atomic E-state index is 0.0283. The molecule has 0 spiro atoms. The topological polar surface area (TPSA) is 58.1 Å². The molecule has 84 valence electrons. The van der Waals surface area contributed by atoms with E-state index in [1.54, 1.807) is 13.3 Å². The number of H-pyrrole nitrogens is 1. The second-order valence-corrected chi connectivity index (χ2v) is 3.51. The summed E-state index contributed by atoms with van der Waals surface area (Å²) in [6.07, 6.45) is 1.64. The van der Waals surface area contributed by atoms with Crippen molar-refractivity contribution in [3.8, 4) is 11.4 Å². The maximum absolute atomic E-state index is 8.97. The van der Waals surface area contributed by atoms with Crippen LogP contribution in [0.5, 0.6) is 0 Å². The van der Waals surface area contributed by atoms with Gasteiger partial charge in [-0.15, -0.1) is 0 Å². The largest absolute Gasteiger partial charge is 0.390 e. The lowest BCUT2D eigenvalue weighted by Gasteiger charge is -2.05. The van der Waals surface area contributed by atoms with E-state index < -0.39 is 0 Å². The molecule has 1 aromatic heterocycles. The Bertz CT molecular complexity index is 466. The highest BCUT2D eigenvalue weighted by Gasteiger charge is 2.07. The molecule has 0 unspecified atom stereocenters. The van der Waals surface area contributed by atoms with Crippen molar-refractivity contribution in [2.24, 2.45) is 0 Å². The maximum atomic E-state index is 8.97. The second-order valence-electron chi connectivity index (χ2n) is 3.51. The molecule has 0 bridgehead atoms. The maximum Gasteiger partial charge on any atom is 0.137 e. The Balaban J connectivity index is 2.38. The van der Waals surface area contributed by atoms with E-state index in [4.69, 9.17) is 9.84 Å². The lowest BCUT2D eigenvalue weighted by Crippen LogP contribution is -1.93. The zero-order valence-corrected chi connectivity index (χ0v) is 9.10. The number of aromatic nitrogens is 2. The Morgan fingerprint density at radius 3 is 2.88 bits per heavy atom. The standard InChI is InChI=1S/C12H14N2O2/c1-16-8-9-4-2-3-5-11(9)12-13-6-10(7-15)14-12/h2-6,15H,7-8H2,1H3,(H,13,14). The molecule has 0 saturated carbocycles. The highest BCUT2D eigenvalue weighted by molar-refractivity contribution is 5.60. The van der Waals surface area contributed by atoms with E-state index in [1.165, 1.54) is 0 Å². The number of aliphatic hydroxyl groups excluding tert-OH is 1. The molecular formula is C12H14N2O2. The van der Waals surface area contributed by atoms with Crippen LogP contribution in [0, 0.1) is 0 Å². The summed E-state index contributed by atoms with van der Waals surface area (Å²) in [5.41, 5.74) is 2.79. The normalized spacial score (nSPS) is 10.6. The fraction of sp³-hybridized carbons (Fsp3) is 0.250. The third-order valence-electron chi connectivity index (χ3n) is 2.37. The molecule has 0 radical (unpaired) electrons. The number of aliphatic hydroxyl groups is 1. The summed E-state index contributed by atoms with van der Waals surface area (Å²) in [7, 11) is 1.66. The molecule has 0 amide bonds. The first-order chi connectivity index (χ1) is 7.85. The second kappa shape index (κ2) is 4.92. The number of nitrogens with one attached hydrogen (secondary N) is 1. The number of aromatic amines is 1. The van der Waals surface area contributed by atoms with Crippen molar-refractivity contribution in [1.82, 2.24) is 9.97 Å². The lowest BCUT2D eigenvalue weighted by atomic mass is 10.1. The fourth-order valence-electron chi connectivity index (χ4n) is 1.61. The number of rotatable bonds is 4. The van der Waals surface area contributed by atoms with Crippen LogP contribution in [0.25, 0.3) is 11.4 Å². The van der Waals surface area contributed by atoms with Gasteiger partial charge >= 0.3 is 0 Å². The van der Waals surface area contributed by atoms with E-state index in [9.17, 15) is 0 Å². The van der Waals surface area contributed by atoms with Crippen molar-refractivity contribution >= 4 is 0 Å². The van der Waals surface area contributed by atoms with Crippen molar-refractivity contribution in [1.29, 1.82) is 0 Å². The van der Waals surface area contributed by atoms with E-state index in [2.05, 4.69) is 9.97 Å². The SMILES string of the molecule is COCc1ccccc1-c1ncc(CO)[nH]1. The molecule has 0 aliphatic heterocycles. The Morgan fingerprint density at radius 1 is 1.38 bits per heavy atom. The van der Waals surface area contributed by atoms with E-state index >= 15 is 0 Å². The number of imidazole rings is 1. The minimum atomic E-state index is -0.0283.